The van der Waals surface area contributed by atoms with Crippen molar-refractivity contribution < 1.29 is 14.3 Å². The second-order valence-electron chi connectivity index (χ2n) is 6.56. The van der Waals surface area contributed by atoms with Gasteiger partial charge in [-0.05, 0) is 76.1 Å². The Morgan fingerprint density at radius 1 is 1.26 bits per heavy atom. The number of aryl methyl sites for hydroxylation is 2. The van der Waals surface area contributed by atoms with Crippen LogP contribution in [0.5, 0.6) is 5.75 Å². The Labute approximate surface area is 139 Å². The first kappa shape index (κ1) is 17.8. The predicted molar refractivity (Wildman–Crippen MR) is 93.1 cm³/mol. The number of nitrogens with one attached hydrogen (secondary N) is 1. The highest BCUT2D eigenvalue weighted by Crippen LogP contribution is 2.42. The molecule has 0 spiro atoms. The van der Waals surface area contributed by atoms with E-state index in [2.05, 4.69) is 12.2 Å². The number of anilines is 1. The van der Waals surface area contributed by atoms with Crippen molar-refractivity contribution >= 4 is 11.6 Å². The molecule has 0 saturated heterocycles. The van der Waals surface area contributed by atoms with Gasteiger partial charge in [0.25, 0.3) is 5.91 Å². The minimum absolute atomic E-state index is 0.0529. The first-order valence-electron chi connectivity index (χ1n) is 8.61. The number of benzene rings is 1. The Kier molecular flexibility index (Phi) is 5.69. The van der Waals surface area contributed by atoms with Gasteiger partial charge in [-0.15, -0.1) is 0 Å². The van der Waals surface area contributed by atoms with Gasteiger partial charge in [-0.3, -0.25) is 4.79 Å². The molecule has 128 valence electrons. The topological polar surface area (TPSA) is 47.6 Å². The molecule has 1 fully saturated rings. The summed E-state index contributed by atoms with van der Waals surface area (Å²) in [5, 5.41) is 3.03. The van der Waals surface area contributed by atoms with Crippen molar-refractivity contribution in [2.45, 2.75) is 59.5 Å². The average molecular weight is 319 g/mol. The van der Waals surface area contributed by atoms with E-state index < -0.39 is 5.60 Å². The Hall–Kier alpha value is -1.55. The molecule has 0 aliphatic heterocycles. The number of rotatable bonds is 8. The minimum atomic E-state index is -0.728. The van der Waals surface area contributed by atoms with Gasteiger partial charge in [-0.25, -0.2) is 0 Å². The zero-order valence-corrected chi connectivity index (χ0v) is 15.0. The van der Waals surface area contributed by atoms with Gasteiger partial charge in [0, 0.05) is 12.3 Å². The van der Waals surface area contributed by atoms with Gasteiger partial charge < -0.3 is 14.8 Å². The number of carbonyl (C=O) groups is 1. The fourth-order valence-electron chi connectivity index (χ4n) is 3.01. The van der Waals surface area contributed by atoms with Crippen molar-refractivity contribution in [3.63, 3.8) is 0 Å². The SMILES string of the molecule is CCCOc1c(C)cc(NC(=O)C(C)(OCC)C2CC2)cc1C. The molecule has 1 N–H and O–H groups in total. The van der Waals surface area contributed by atoms with Crippen LogP contribution in [0, 0.1) is 19.8 Å². The van der Waals surface area contributed by atoms with Crippen LogP contribution in [0.4, 0.5) is 5.69 Å². The van der Waals surface area contributed by atoms with Gasteiger partial charge >= 0.3 is 0 Å². The van der Waals surface area contributed by atoms with Gasteiger partial charge in [-0.2, -0.15) is 0 Å². The van der Waals surface area contributed by atoms with Crippen LogP contribution in [0.1, 0.15) is 51.2 Å². The average Bonchev–Trinajstić information content (AvgIpc) is 3.31. The molecule has 1 saturated carbocycles. The van der Waals surface area contributed by atoms with Crippen molar-refractivity contribution in [3.05, 3.63) is 23.3 Å². The molecule has 4 heteroatoms. The lowest BCUT2D eigenvalue weighted by atomic mass is 9.98. The van der Waals surface area contributed by atoms with E-state index in [4.69, 9.17) is 9.47 Å². The zero-order valence-electron chi connectivity index (χ0n) is 15.0. The summed E-state index contributed by atoms with van der Waals surface area (Å²) < 4.78 is 11.6. The maximum absolute atomic E-state index is 12.7. The van der Waals surface area contributed by atoms with Crippen molar-refractivity contribution in [1.29, 1.82) is 0 Å². The Morgan fingerprint density at radius 3 is 2.35 bits per heavy atom. The summed E-state index contributed by atoms with van der Waals surface area (Å²) in [4.78, 5) is 12.7. The molecule has 1 aromatic rings. The van der Waals surface area contributed by atoms with Crippen LogP contribution in [-0.2, 0) is 9.53 Å². The summed E-state index contributed by atoms with van der Waals surface area (Å²) in [5.41, 5.74) is 2.16. The third kappa shape index (κ3) is 4.05. The molecule has 1 unspecified atom stereocenters. The second kappa shape index (κ2) is 7.35. The summed E-state index contributed by atoms with van der Waals surface area (Å²) in [7, 11) is 0. The number of amides is 1. The Balaban J connectivity index is 2.14. The van der Waals surface area contributed by atoms with Gasteiger partial charge in [0.1, 0.15) is 11.4 Å². The molecular formula is C19H29NO3. The molecule has 1 aliphatic carbocycles. The van der Waals surface area contributed by atoms with E-state index in [1.165, 1.54) is 0 Å². The first-order valence-corrected chi connectivity index (χ1v) is 8.61. The molecule has 2 rings (SSSR count). The van der Waals surface area contributed by atoms with E-state index in [-0.39, 0.29) is 5.91 Å². The fraction of sp³-hybridized carbons (Fsp3) is 0.632. The smallest absolute Gasteiger partial charge is 0.256 e. The molecule has 0 bridgehead atoms. The largest absolute Gasteiger partial charge is 0.493 e. The van der Waals surface area contributed by atoms with E-state index >= 15 is 0 Å². The summed E-state index contributed by atoms with van der Waals surface area (Å²) in [5.74, 6) is 1.19. The monoisotopic (exact) mass is 319 g/mol. The Morgan fingerprint density at radius 2 is 1.87 bits per heavy atom. The third-order valence-corrected chi connectivity index (χ3v) is 4.42. The lowest BCUT2D eigenvalue weighted by molar-refractivity contribution is -0.141. The van der Waals surface area contributed by atoms with E-state index in [9.17, 15) is 4.79 Å². The van der Waals surface area contributed by atoms with Gasteiger partial charge in [-0.1, -0.05) is 6.92 Å². The molecule has 23 heavy (non-hydrogen) atoms. The molecule has 1 aliphatic rings. The molecule has 1 amide bonds. The van der Waals surface area contributed by atoms with Crippen LogP contribution in [0.15, 0.2) is 12.1 Å². The van der Waals surface area contributed by atoms with E-state index in [1.54, 1.807) is 0 Å². The first-order chi connectivity index (χ1) is 10.9. The molecular weight excluding hydrogens is 290 g/mol. The van der Waals surface area contributed by atoms with Crippen molar-refractivity contribution in [2.75, 3.05) is 18.5 Å². The number of hydrogen-bond donors (Lipinski definition) is 1. The molecule has 0 heterocycles. The summed E-state index contributed by atoms with van der Waals surface area (Å²) >= 11 is 0. The molecule has 1 aromatic carbocycles. The van der Waals surface area contributed by atoms with E-state index in [1.807, 2.05) is 39.8 Å². The zero-order chi connectivity index (χ0) is 17.0. The molecule has 4 nitrogen and oxygen atoms in total. The maximum Gasteiger partial charge on any atom is 0.256 e. The van der Waals surface area contributed by atoms with Gasteiger partial charge in [0.15, 0.2) is 0 Å². The van der Waals surface area contributed by atoms with Crippen molar-refractivity contribution in [3.8, 4) is 5.75 Å². The highest BCUT2D eigenvalue weighted by Gasteiger charge is 2.48. The van der Waals surface area contributed by atoms with Crippen LogP contribution in [0.2, 0.25) is 0 Å². The lowest BCUT2D eigenvalue weighted by Gasteiger charge is -2.28. The van der Waals surface area contributed by atoms with Crippen LogP contribution in [-0.4, -0.2) is 24.7 Å². The normalized spacial score (nSPS) is 16.7. The highest BCUT2D eigenvalue weighted by atomic mass is 16.5. The third-order valence-electron chi connectivity index (χ3n) is 4.42. The fourth-order valence-corrected chi connectivity index (χ4v) is 3.01. The minimum Gasteiger partial charge on any atom is -0.493 e. The Bertz CT molecular complexity index is 543. The molecule has 1 atom stereocenters. The summed E-state index contributed by atoms with van der Waals surface area (Å²) in [6.45, 7) is 11.2. The van der Waals surface area contributed by atoms with Crippen molar-refractivity contribution in [1.82, 2.24) is 0 Å². The van der Waals surface area contributed by atoms with Crippen LogP contribution >= 0.6 is 0 Å². The number of ether oxygens (including phenoxy) is 2. The highest BCUT2D eigenvalue weighted by molar-refractivity contribution is 5.97. The second-order valence-corrected chi connectivity index (χ2v) is 6.56. The summed E-state index contributed by atoms with van der Waals surface area (Å²) in [6, 6.07) is 3.93. The summed E-state index contributed by atoms with van der Waals surface area (Å²) in [6.07, 6.45) is 3.10. The molecule has 0 aromatic heterocycles. The standard InChI is InChI=1S/C19H29NO3/c1-6-10-22-17-13(3)11-16(12-14(17)4)20-18(21)19(5,23-7-2)15-8-9-15/h11-12,15H,6-10H2,1-5H3,(H,20,21). The van der Waals surface area contributed by atoms with E-state index in [0.29, 0.717) is 19.1 Å². The van der Waals surface area contributed by atoms with Gasteiger partial charge in [0.2, 0.25) is 0 Å². The predicted octanol–water partition coefficient (Wildman–Crippen LogP) is 4.24. The molecule has 0 radical (unpaired) electrons. The van der Waals surface area contributed by atoms with Gasteiger partial charge in [0.05, 0.1) is 6.61 Å². The van der Waals surface area contributed by atoms with Crippen LogP contribution in [0.3, 0.4) is 0 Å². The quantitative estimate of drug-likeness (QED) is 0.780. The van der Waals surface area contributed by atoms with E-state index in [0.717, 1.165) is 41.8 Å². The number of hydrogen-bond acceptors (Lipinski definition) is 3. The maximum atomic E-state index is 12.7. The number of carbonyl (C=O) groups excluding carboxylic acids is 1. The van der Waals surface area contributed by atoms with Crippen LogP contribution < -0.4 is 10.1 Å². The van der Waals surface area contributed by atoms with Crippen LogP contribution in [0.25, 0.3) is 0 Å². The lowest BCUT2D eigenvalue weighted by Crippen LogP contribution is -2.44. The van der Waals surface area contributed by atoms with Crippen molar-refractivity contribution in [2.24, 2.45) is 5.92 Å².